The van der Waals surface area contributed by atoms with E-state index in [1.54, 1.807) is 6.08 Å². The van der Waals surface area contributed by atoms with Crippen LogP contribution in [0.3, 0.4) is 0 Å². The molecule has 0 bridgehead atoms. The zero-order valence-corrected chi connectivity index (χ0v) is 29.6. The Hall–Kier alpha value is -1.33. The topological polar surface area (TPSA) is 132 Å². The highest BCUT2D eigenvalue weighted by atomic mass is 35.5. The van der Waals surface area contributed by atoms with Crippen LogP contribution in [0, 0.1) is 17.8 Å². The van der Waals surface area contributed by atoms with Crippen LogP contribution in [0.1, 0.15) is 73.6 Å². The van der Waals surface area contributed by atoms with Crippen LogP contribution in [0.25, 0.3) is 0 Å². The minimum Gasteiger partial charge on any atom is -0.460 e. The highest BCUT2D eigenvalue weighted by Gasteiger charge is 2.46. The molecular formula is C32H46Cl4O9. The Bertz CT molecular complexity index is 1090. The lowest BCUT2D eigenvalue weighted by Gasteiger charge is -2.31. The first-order valence-corrected chi connectivity index (χ1v) is 17.0. The van der Waals surface area contributed by atoms with Crippen LogP contribution in [-0.2, 0) is 33.3 Å². The number of rotatable bonds is 12. The third-order valence-corrected chi connectivity index (χ3v) is 8.94. The molecule has 0 unspecified atom stereocenters. The van der Waals surface area contributed by atoms with E-state index in [4.69, 9.17) is 65.4 Å². The molecule has 2 aliphatic rings. The summed E-state index contributed by atoms with van der Waals surface area (Å²) in [6.45, 7) is 11.1. The first kappa shape index (κ1) is 39.8. The number of alkyl halides is 4. The number of hydrogen-bond donors (Lipinski definition) is 2. The summed E-state index contributed by atoms with van der Waals surface area (Å²) in [6.07, 6.45) is 6.96. The van der Waals surface area contributed by atoms with Gasteiger partial charge in [0.15, 0.2) is 0 Å². The summed E-state index contributed by atoms with van der Waals surface area (Å²) in [5.41, 5.74) is -0.789. The summed E-state index contributed by atoms with van der Waals surface area (Å²) >= 11 is 22.5. The molecule has 1 saturated heterocycles. The Labute approximate surface area is 286 Å². The Kier molecular flexibility index (Phi) is 16.2. The van der Waals surface area contributed by atoms with Crippen LogP contribution < -0.4 is 0 Å². The van der Waals surface area contributed by atoms with Gasteiger partial charge in [-0.15, -0.1) is 0 Å². The predicted octanol–water partition coefficient (Wildman–Crippen LogP) is 6.16. The Balaban J connectivity index is 2.09. The van der Waals surface area contributed by atoms with Gasteiger partial charge in [0, 0.05) is 11.8 Å². The number of allylic oxidation sites excluding steroid dienone is 3. The average molecular weight is 717 g/mol. The maximum atomic E-state index is 13.0. The van der Waals surface area contributed by atoms with Crippen LogP contribution in [-0.4, -0.2) is 80.0 Å². The van der Waals surface area contributed by atoms with Crippen molar-refractivity contribution in [3.63, 3.8) is 0 Å². The van der Waals surface area contributed by atoms with Crippen molar-refractivity contribution in [1.29, 1.82) is 0 Å². The lowest BCUT2D eigenvalue weighted by molar-refractivity contribution is -0.158. The number of cyclic esters (lactones) is 1. The van der Waals surface area contributed by atoms with Gasteiger partial charge in [-0.05, 0) is 51.0 Å². The zero-order valence-electron chi connectivity index (χ0n) is 26.5. The van der Waals surface area contributed by atoms with E-state index in [-0.39, 0.29) is 55.3 Å². The van der Waals surface area contributed by atoms with Gasteiger partial charge in [0.05, 0.1) is 24.2 Å². The third-order valence-electron chi connectivity index (χ3n) is 8.22. The molecule has 9 nitrogen and oxygen atoms in total. The molecule has 2 heterocycles. The van der Waals surface area contributed by atoms with Crippen LogP contribution in [0.15, 0.2) is 36.0 Å². The summed E-state index contributed by atoms with van der Waals surface area (Å²) in [5.74, 6) is -2.38. The second-order valence-electron chi connectivity index (χ2n) is 12.2. The molecule has 0 aromatic carbocycles. The van der Waals surface area contributed by atoms with E-state index in [9.17, 15) is 24.6 Å². The lowest BCUT2D eigenvalue weighted by atomic mass is 9.89. The van der Waals surface area contributed by atoms with E-state index in [0.29, 0.717) is 6.42 Å². The largest absolute Gasteiger partial charge is 0.460 e. The van der Waals surface area contributed by atoms with Gasteiger partial charge in [-0.2, -0.15) is 0 Å². The van der Waals surface area contributed by atoms with Gasteiger partial charge in [0.2, 0.25) is 9.67 Å². The Morgan fingerprint density at radius 2 is 1.80 bits per heavy atom. The summed E-state index contributed by atoms with van der Waals surface area (Å²) < 4.78 is 22.5. The minimum atomic E-state index is -1.54. The molecule has 2 aliphatic heterocycles. The first-order chi connectivity index (χ1) is 21.0. The van der Waals surface area contributed by atoms with Crippen molar-refractivity contribution in [3.8, 4) is 0 Å². The summed E-state index contributed by atoms with van der Waals surface area (Å²) in [4.78, 5) is 34.2. The van der Waals surface area contributed by atoms with Gasteiger partial charge in [-0.3, -0.25) is 4.79 Å². The fourth-order valence-electron chi connectivity index (χ4n) is 5.32. The summed E-state index contributed by atoms with van der Waals surface area (Å²) in [7, 11) is 0. The molecule has 0 radical (unpaired) electrons. The number of carbonyl (C=O) groups is 3. The van der Waals surface area contributed by atoms with Gasteiger partial charge in [-0.1, -0.05) is 104 Å². The van der Waals surface area contributed by atoms with E-state index in [1.807, 2.05) is 45.9 Å². The average Bonchev–Trinajstić information content (AvgIpc) is 3.73. The molecule has 0 aromatic rings. The second kappa shape index (κ2) is 18.3. The van der Waals surface area contributed by atoms with Gasteiger partial charge < -0.3 is 29.2 Å². The van der Waals surface area contributed by atoms with Crippen LogP contribution in [0.2, 0.25) is 0 Å². The molecule has 1 fully saturated rings. The molecule has 10 atom stereocenters. The number of ether oxygens (including phenoxy) is 4. The SMILES string of the molecule is CC[C@H](OC(=O)C(Cl)Cl)[C@@H](C)[C@H]1O[C@@H]1C[C@H](C)C=CC=C(C)[C@H]1OC(=O)C[C@H](OC(=O)C(Cl)Cl)CC[C@@](C)(O)[C@@H](O)C=C[C@@H]1C. The normalized spacial score (nSPS) is 32.0. The molecule has 2 N–H and O–H groups in total. The fraction of sp³-hybridized carbons (Fsp3) is 0.719. The lowest BCUT2D eigenvalue weighted by Crippen LogP contribution is -2.40. The van der Waals surface area contributed by atoms with Crippen molar-refractivity contribution < 1.29 is 43.5 Å². The minimum absolute atomic E-state index is 0.0173. The number of epoxide rings is 1. The summed E-state index contributed by atoms with van der Waals surface area (Å²) in [6, 6.07) is 0. The summed E-state index contributed by atoms with van der Waals surface area (Å²) in [5, 5.41) is 21.5. The Morgan fingerprint density at radius 1 is 1.16 bits per heavy atom. The van der Waals surface area contributed by atoms with E-state index in [1.165, 1.54) is 13.0 Å². The number of esters is 3. The molecule has 0 aromatic heterocycles. The molecular weight excluding hydrogens is 670 g/mol. The standard InChI is InChI=1S/C32H46Cl4O9/c1-7-22(44-31(40)29(35)36)20(5)27-23(43-27)15-17(2)9-8-10-18(3)26-19(4)11-12-24(37)32(6,41)14-13-21(16-25(38)45-26)42-30(39)28(33)34/h8-12,17,19-24,26-29,37,41H,7,13-16H2,1-6H3/t17-,19+,20-,21-,22+,23-,24+,26-,27-,32-/m1/s1. The highest BCUT2D eigenvalue weighted by Crippen LogP contribution is 2.37. The fourth-order valence-corrected chi connectivity index (χ4v) is 5.52. The number of hydrogen-bond acceptors (Lipinski definition) is 9. The molecule has 0 amide bonds. The zero-order chi connectivity index (χ0) is 34.1. The van der Waals surface area contributed by atoms with Crippen molar-refractivity contribution in [2.45, 2.75) is 126 Å². The molecule has 0 saturated carbocycles. The number of halogens is 4. The van der Waals surface area contributed by atoms with Gasteiger partial charge >= 0.3 is 17.9 Å². The Morgan fingerprint density at radius 3 is 2.40 bits per heavy atom. The van der Waals surface area contributed by atoms with E-state index in [2.05, 4.69) is 6.92 Å². The van der Waals surface area contributed by atoms with Crippen molar-refractivity contribution in [1.82, 2.24) is 0 Å². The van der Waals surface area contributed by atoms with Crippen molar-refractivity contribution >= 4 is 64.3 Å². The third kappa shape index (κ3) is 13.0. The number of aliphatic hydroxyl groups is 2. The van der Waals surface area contributed by atoms with Crippen molar-refractivity contribution in [2.24, 2.45) is 17.8 Å². The molecule has 256 valence electrons. The predicted molar refractivity (Wildman–Crippen MR) is 174 cm³/mol. The van der Waals surface area contributed by atoms with Crippen LogP contribution in [0.4, 0.5) is 0 Å². The molecule has 45 heavy (non-hydrogen) atoms. The van der Waals surface area contributed by atoms with E-state index >= 15 is 0 Å². The highest BCUT2D eigenvalue weighted by molar-refractivity contribution is 6.53. The van der Waals surface area contributed by atoms with E-state index < -0.39 is 51.5 Å². The number of aliphatic hydroxyl groups excluding tert-OH is 1. The van der Waals surface area contributed by atoms with Gasteiger partial charge in [-0.25, -0.2) is 9.59 Å². The maximum absolute atomic E-state index is 13.0. The quantitative estimate of drug-likeness (QED) is 0.0609. The first-order valence-electron chi connectivity index (χ1n) is 15.2. The second-order valence-corrected chi connectivity index (χ2v) is 14.4. The molecule has 0 spiro atoms. The van der Waals surface area contributed by atoms with Crippen LogP contribution >= 0.6 is 46.4 Å². The smallest absolute Gasteiger partial charge is 0.339 e. The maximum Gasteiger partial charge on any atom is 0.339 e. The van der Waals surface area contributed by atoms with Crippen molar-refractivity contribution in [3.05, 3.63) is 36.0 Å². The monoisotopic (exact) mass is 714 g/mol. The molecule has 13 heteroatoms. The van der Waals surface area contributed by atoms with E-state index in [0.717, 1.165) is 12.0 Å². The van der Waals surface area contributed by atoms with Crippen molar-refractivity contribution in [2.75, 3.05) is 0 Å². The van der Waals surface area contributed by atoms with Gasteiger partial charge in [0.25, 0.3) is 0 Å². The number of carbonyl (C=O) groups excluding carboxylic acids is 3. The molecule has 2 rings (SSSR count). The van der Waals surface area contributed by atoms with Gasteiger partial charge in [0.1, 0.15) is 24.4 Å². The van der Waals surface area contributed by atoms with Crippen LogP contribution in [0.5, 0.6) is 0 Å². The molecule has 0 aliphatic carbocycles.